The van der Waals surface area contributed by atoms with Crippen LogP contribution in [0.25, 0.3) is 0 Å². The Kier molecular flexibility index (Phi) is 4.77. The Morgan fingerprint density at radius 1 is 1.15 bits per heavy atom. The van der Waals surface area contributed by atoms with Crippen LogP contribution in [0.3, 0.4) is 0 Å². The summed E-state index contributed by atoms with van der Waals surface area (Å²) in [6.45, 7) is 6.06. The van der Waals surface area contributed by atoms with Gasteiger partial charge in [0.2, 0.25) is 0 Å². The van der Waals surface area contributed by atoms with Gasteiger partial charge in [0, 0.05) is 12.8 Å². The molecule has 4 nitrogen and oxygen atoms in total. The van der Waals surface area contributed by atoms with Gasteiger partial charge in [-0.3, -0.25) is 9.59 Å². The first-order chi connectivity index (χ1) is 12.8. The quantitative estimate of drug-likeness (QED) is 0.598. The third-order valence-electron chi connectivity index (χ3n) is 8.88. The number of allylic oxidation sites excluding steroid dienone is 1. The van der Waals surface area contributed by atoms with Crippen LogP contribution in [0, 0.1) is 34.5 Å². The van der Waals surface area contributed by atoms with Crippen LogP contribution < -0.4 is 0 Å². The lowest BCUT2D eigenvalue weighted by Crippen LogP contribution is -2.51. The molecule has 0 aromatic heterocycles. The summed E-state index contributed by atoms with van der Waals surface area (Å²) in [6.07, 6.45) is 10.6. The van der Waals surface area contributed by atoms with E-state index in [0.717, 1.165) is 44.9 Å². The first-order valence-electron chi connectivity index (χ1n) is 10.8. The second-order valence-corrected chi connectivity index (χ2v) is 10.1. The smallest absolute Gasteiger partial charge is 0.303 e. The molecule has 0 aromatic rings. The van der Waals surface area contributed by atoms with Gasteiger partial charge in [0.05, 0.1) is 6.10 Å². The van der Waals surface area contributed by atoms with Gasteiger partial charge in [-0.25, -0.2) is 0 Å². The van der Waals surface area contributed by atoms with Gasteiger partial charge in [-0.15, -0.1) is 0 Å². The fourth-order valence-corrected chi connectivity index (χ4v) is 7.44. The number of aliphatic hydroxyl groups excluding tert-OH is 1. The third-order valence-corrected chi connectivity index (χ3v) is 8.88. The van der Waals surface area contributed by atoms with E-state index in [1.54, 1.807) is 0 Å². The molecule has 0 aromatic carbocycles. The van der Waals surface area contributed by atoms with Crippen LogP contribution in [0.1, 0.15) is 72.1 Å². The summed E-state index contributed by atoms with van der Waals surface area (Å²) < 4.78 is 5.02. The molecule has 4 rings (SSSR count). The predicted molar refractivity (Wildman–Crippen MR) is 103 cm³/mol. The maximum Gasteiger partial charge on any atom is 0.303 e. The van der Waals surface area contributed by atoms with Crippen molar-refractivity contribution in [2.45, 2.75) is 78.2 Å². The molecular formula is C23H34O4. The molecule has 0 spiro atoms. The summed E-state index contributed by atoms with van der Waals surface area (Å²) in [6, 6.07) is 0. The summed E-state index contributed by atoms with van der Waals surface area (Å²) in [7, 11) is 0. The normalized spacial score (nSPS) is 45.9. The number of carbonyl (C=O) groups excluding carboxylic acids is 2. The van der Waals surface area contributed by atoms with Gasteiger partial charge in [-0.05, 0) is 80.0 Å². The van der Waals surface area contributed by atoms with Crippen molar-refractivity contribution in [3.63, 3.8) is 0 Å². The number of hydrogen-bond donors (Lipinski definition) is 1. The van der Waals surface area contributed by atoms with Crippen molar-refractivity contribution in [3.8, 4) is 0 Å². The number of ketones is 1. The van der Waals surface area contributed by atoms with E-state index in [1.807, 2.05) is 0 Å². The van der Waals surface area contributed by atoms with E-state index in [4.69, 9.17) is 4.74 Å². The lowest BCUT2D eigenvalue weighted by Gasteiger charge is -2.57. The molecule has 1 N–H and O–H groups in total. The monoisotopic (exact) mass is 374 g/mol. The number of ether oxygens (including phenoxy) is 1. The van der Waals surface area contributed by atoms with Crippen molar-refractivity contribution >= 4 is 11.8 Å². The fraction of sp³-hybridized carbons (Fsp3) is 0.826. The first-order valence-corrected chi connectivity index (χ1v) is 10.8. The van der Waals surface area contributed by atoms with Crippen LogP contribution >= 0.6 is 0 Å². The highest BCUT2D eigenvalue weighted by Crippen LogP contribution is 2.66. The zero-order valence-corrected chi connectivity index (χ0v) is 17.0. The van der Waals surface area contributed by atoms with Crippen LogP contribution in [0.4, 0.5) is 0 Å². The van der Waals surface area contributed by atoms with Crippen LogP contribution in [0.15, 0.2) is 11.6 Å². The van der Waals surface area contributed by atoms with Gasteiger partial charge in [0.25, 0.3) is 0 Å². The minimum atomic E-state index is -0.371. The summed E-state index contributed by atoms with van der Waals surface area (Å²) >= 11 is 0. The minimum absolute atomic E-state index is 0.0363. The van der Waals surface area contributed by atoms with E-state index >= 15 is 0 Å². The number of rotatable bonds is 3. The Morgan fingerprint density at radius 2 is 1.93 bits per heavy atom. The Balaban J connectivity index is 1.55. The zero-order chi connectivity index (χ0) is 19.4. The molecule has 0 radical (unpaired) electrons. The highest BCUT2D eigenvalue weighted by Gasteiger charge is 2.59. The van der Waals surface area contributed by atoms with Crippen LogP contribution in [-0.2, 0) is 14.3 Å². The summed E-state index contributed by atoms with van der Waals surface area (Å²) in [5.41, 5.74) is 1.78. The average molecular weight is 375 g/mol. The number of esters is 1. The van der Waals surface area contributed by atoms with Crippen molar-refractivity contribution < 1.29 is 19.4 Å². The molecule has 0 saturated heterocycles. The van der Waals surface area contributed by atoms with Crippen molar-refractivity contribution in [2.24, 2.45) is 34.5 Å². The van der Waals surface area contributed by atoms with Crippen molar-refractivity contribution in [3.05, 3.63) is 11.6 Å². The molecule has 3 saturated carbocycles. The summed E-state index contributed by atoms with van der Waals surface area (Å²) in [4.78, 5) is 23.9. The fourth-order valence-electron chi connectivity index (χ4n) is 7.44. The highest BCUT2D eigenvalue weighted by molar-refractivity contribution is 5.85. The number of hydrogen-bond acceptors (Lipinski definition) is 4. The molecule has 4 heteroatoms. The lowest BCUT2D eigenvalue weighted by atomic mass is 9.47. The molecular weight excluding hydrogens is 340 g/mol. The van der Waals surface area contributed by atoms with E-state index in [9.17, 15) is 14.7 Å². The number of aliphatic hydroxyl groups is 1. The van der Waals surface area contributed by atoms with E-state index in [2.05, 4.69) is 19.9 Å². The number of carbonyl (C=O) groups is 2. The van der Waals surface area contributed by atoms with Gasteiger partial charge < -0.3 is 9.84 Å². The van der Waals surface area contributed by atoms with Crippen molar-refractivity contribution in [1.29, 1.82) is 0 Å². The second-order valence-electron chi connectivity index (χ2n) is 10.1. The van der Waals surface area contributed by atoms with Crippen molar-refractivity contribution in [2.75, 3.05) is 6.61 Å². The number of Topliss-reactive ketones (excluding diaryl/α,β-unsaturated/α-hetero) is 1. The Bertz CT molecular complexity index is 667. The Morgan fingerprint density at radius 3 is 2.67 bits per heavy atom. The maximum atomic E-state index is 12.8. The second kappa shape index (κ2) is 6.72. The standard InChI is InChI=1S/C23H34O4/c1-14(24)27-13-21(26)20-7-6-18-17-5-4-15-12-16(25)8-10-22(15,2)19(17)9-11-23(18,20)3/h4,16-20,25H,5-13H2,1-3H3/t16-,17+,18+,19-,20+,22+,23+/m1/s1. The van der Waals surface area contributed by atoms with E-state index < -0.39 is 0 Å². The van der Waals surface area contributed by atoms with Crippen LogP contribution in [0.2, 0.25) is 0 Å². The maximum absolute atomic E-state index is 12.8. The SMILES string of the molecule is CC(=O)OCC(=O)[C@@H]1CC[C@H]2[C@@H]3CC=C4C[C@H](O)CC[C@]4(C)[C@@H]3CC[C@]12C. The topological polar surface area (TPSA) is 63.6 Å². The Hall–Kier alpha value is -1.16. The minimum Gasteiger partial charge on any atom is -0.458 e. The molecule has 0 bridgehead atoms. The van der Waals surface area contributed by atoms with Crippen molar-refractivity contribution in [1.82, 2.24) is 0 Å². The molecule has 4 aliphatic carbocycles. The van der Waals surface area contributed by atoms with E-state index in [0.29, 0.717) is 17.8 Å². The van der Waals surface area contributed by atoms with Gasteiger partial charge in [-0.2, -0.15) is 0 Å². The molecule has 150 valence electrons. The average Bonchev–Trinajstić information content (AvgIpc) is 2.97. The third kappa shape index (κ3) is 2.99. The molecule has 3 fully saturated rings. The van der Waals surface area contributed by atoms with Crippen LogP contribution in [-0.4, -0.2) is 29.6 Å². The molecule has 0 unspecified atom stereocenters. The highest BCUT2D eigenvalue weighted by atomic mass is 16.5. The lowest BCUT2D eigenvalue weighted by molar-refractivity contribution is -0.149. The van der Waals surface area contributed by atoms with Gasteiger partial charge in [0.15, 0.2) is 5.78 Å². The van der Waals surface area contributed by atoms with E-state index in [1.165, 1.54) is 18.9 Å². The summed E-state index contributed by atoms with van der Waals surface area (Å²) in [5, 5.41) is 10.1. The van der Waals surface area contributed by atoms with Gasteiger partial charge >= 0.3 is 5.97 Å². The summed E-state index contributed by atoms with van der Waals surface area (Å²) in [5.74, 6) is 1.71. The van der Waals surface area contributed by atoms with E-state index in [-0.39, 0.29) is 41.2 Å². The largest absolute Gasteiger partial charge is 0.458 e. The molecule has 0 aliphatic heterocycles. The molecule has 27 heavy (non-hydrogen) atoms. The molecule has 0 amide bonds. The Labute approximate surface area is 162 Å². The number of fused-ring (bicyclic) bond motifs is 5. The molecule has 4 aliphatic rings. The van der Waals surface area contributed by atoms with Crippen LogP contribution in [0.5, 0.6) is 0 Å². The van der Waals surface area contributed by atoms with Gasteiger partial charge in [0.1, 0.15) is 6.61 Å². The molecule has 7 atom stereocenters. The molecule has 0 heterocycles. The first kappa shape index (κ1) is 19.2. The predicted octanol–water partition coefficient (Wildman–Crippen LogP) is 4.06. The van der Waals surface area contributed by atoms with Gasteiger partial charge in [-0.1, -0.05) is 25.5 Å². The zero-order valence-electron chi connectivity index (χ0n) is 17.0.